The summed E-state index contributed by atoms with van der Waals surface area (Å²) in [6.45, 7) is 4.52. The molecule has 6 heteroatoms. The molecule has 116 valence electrons. The molecule has 1 aromatic rings. The minimum Gasteiger partial charge on any atom is -0.314 e. The Morgan fingerprint density at radius 3 is 2.43 bits per heavy atom. The van der Waals surface area contributed by atoms with Crippen molar-refractivity contribution in [1.29, 1.82) is 0 Å². The van der Waals surface area contributed by atoms with Crippen LogP contribution in [0.15, 0.2) is 29.2 Å². The van der Waals surface area contributed by atoms with Crippen molar-refractivity contribution in [3.05, 3.63) is 29.8 Å². The fourth-order valence-electron chi connectivity index (χ4n) is 2.49. The highest BCUT2D eigenvalue weighted by molar-refractivity contribution is 7.89. The smallest absolute Gasteiger partial charge is 0.243 e. The second-order valence-electron chi connectivity index (χ2n) is 5.80. The molecule has 1 aliphatic rings. The average molecular weight is 310 g/mol. The minimum absolute atomic E-state index is 0.00669. The van der Waals surface area contributed by atoms with Crippen molar-refractivity contribution in [2.24, 2.45) is 0 Å². The number of Topliss-reactive ketones (excluding diaryl/α,β-unsaturated/α-hetero) is 1. The van der Waals surface area contributed by atoms with Gasteiger partial charge in [-0.25, -0.2) is 8.42 Å². The minimum atomic E-state index is -3.52. The van der Waals surface area contributed by atoms with Crippen molar-refractivity contribution in [3.63, 3.8) is 0 Å². The van der Waals surface area contributed by atoms with Crippen LogP contribution in [0.3, 0.4) is 0 Å². The van der Waals surface area contributed by atoms with E-state index in [9.17, 15) is 13.2 Å². The number of sulfonamides is 1. The molecule has 0 bridgehead atoms. The van der Waals surface area contributed by atoms with Gasteiger partial charge in [-0.2, -0.15) is 4.31 Å². The highest BCUT2D eigenvalue weighted by atomic mass is 32.2. The van der Waals surface area contributed by atoms with Crippen molar-refractivity contribution < 1.29 is 13.2 Å². The lowest BCUT2D eigenvalue weighted by atomic mass is 9.91. The summed E-state index contributed by atoms with van der Waals surface area (Å²) in [5.74, 6) is -0.131. The van der Waals surface area contributed by atoms with E-state index in [-0.39, 0.29) is 16.2 Å². The average Bonchev–Trinajstić information content (AvgIpc) is 2.48. The predicted molar refractivity (Wildman–Crippen MR) is 81.9 cm³/mol. The van der Waals surface area contributed by atoms with Crippen molar-refractivity contribution in [2.75, 3.05) is 20.1 Å². The standard InChI is InChI=1S/C15H22N2O3S/c1-12(18)13-5-4-6-14(11-13)21(19,20)17-9-7-15(2,16-3)8-10-17/h4-6,11,16H,7-10H2,1-3H3. The van der Waals surface area contributed by atoms with Crippen molar-refractivity contribution >= 4 is 15.8 Å². The Labute approximate surface area is 126 Å². The molecule has 0 spiro atoms. The molecule has 0 saturated carbocycles. The molecule has 1 aliphatic heterocycles. The second-order valence-corrected chi connectivity index (χ2v) is 7.74. The molecule has 0 atom stereocenters. The molecular weight excluding hydrogens is 288 g/mol. The first kappa shape index (κ1) is 16.1. The molecule has 0 amide bonds. The van der Waals surface area contributed by atoms with E-state index < -0.39 is 10.0 Å². The van der Waals surface area contributed by atoms with Crippen LogP contribution in [-0.2, 0) is 10.0 Å². The number of piperidine rings is 1. The number of nitrogens with one attached hydrogen (secondary N) is 1. The summed E-state index contributed by atoms with van der Waals surface area (Å²) < 4.78 is 26.8. The van der Waals surface area contributed by atoms with Crippen LogP contribution >= 0.6 is 0 Å². The van der Waals surface area contributed by atoms with Gasteiger partial charge in [0.2, 0.25) is 10.0 Å². The van der Waals surface area contributed by atoms with E-state index in [0.29, 0.717) is 18.7 Å². The van der Waals surface area contributed by atoms with E-state index >= 15 is 0 Å². The van der Waals surface area contributed by atoms with Crippen LogP contribution in [0.1, 0.15) is 37.0 Å². The number of carbonyl (C=O) groups is 1. The first-order chi connectivity index (χ1) is 9.78. The Balaban J connectivity index is 2.23. The molecule has 1 N–H and O–H groups in total. The first-order valence-electron chi connectivity index (χ1n) is 7.09. The monoisotopic (exact) mass is 310 g/mol. The van der Waals surface area contributed by atoms with Crippen molar-refractivity contribution in [1.82, 2.24) is 9.62 Å². The lowest BCUT2D eigenvalue weighted by molar-refractivity contribution is 0.101. The number of rotatable bonds is 4. The van der Waals surface area contributed by atoms with Gasteiger partial charge in [-0.1, -0.05) is 12.1 Å². The number of hydrogen-bond acceptors (Lipinski definition) is 4. The van der Waals surface area contributed by atoms with Gasteiger partial charge in [0, 0.05) is 24.2 Å². The molecule has 0 radical (unpaired) electrons. The third-order valence-electron chi connectivity index (χ3n) is 4.31. The molecule has 2 rings (SSSR count). The zero-order chi connectivity index (χ0) is 15.7. The highest BCUT2D eigenvalue weighted by Gasteiger charge is 2.34. The molecule has 0 unspecified atom stereocenters. The van der Waals surface area contributed by atoms with E-state index in [1.54, 1.807) is 18.2 Å². The van der Waals surface area contributed by atoms with E-state index in [0.717, 1.165) is 12.8 Å². The Morgan fingerprint density at radius 1 is 1.29 bits per heavy atom. The van der Waals surface area contributed by atoms with Crippen LogP contribution < -0.4 is 5.32 Å². The molecule has 21 heavy (non-hydrogen) atoms. The Bertz CT molecular complexity index is 632. The Hall–Kier alpha value is -1.24. The molecule has 1 saturated heterocycles. The van der Waals surface area contributed by atoms with Crippen LogP contribution in [-0.4, -0.2) is 44.2 Å². The lowest BCUT2D eigenvalue weighted by Crippen LogP contribution is -2.51. The van der Waals surface area contributed by atoms with E-state index in [1.165, 1.54) is 17.3 Å². The molecule has 1 fully saturated rings. The van der Waals surface area contributed by atoms with Crippen LogP contribution in [0.2, 0.25) is 0 Å². The molecule has 5 nitrogen and oxygen atoms in total. The number of benzene rings is 1. The van der Waals surface area contributed by atoms with Crippen molar-refractivity contribution in [2.45, 2.75) is 37.1 Å². The van der Waals surface area contributed by atoms with Crippen LogP contribution in [0.4, 0.5) is 0 Å². The summed E-state index contributed by atoms with van der Waals surface area (Å²) in [6.07, 6.45) is 1.55. The van der Waals surface area contributed by atoms with Crippen LogP contribution in [0.5, 0.6) is 0 Å². The maximum Gasteiger partial charge on any atom is 0.243 e. The SMILES string of the molecule is CNC1(C)CCN(S(=O)(=O)c2cccc(C(C)=O)c2)CC1. The van der Waals surface area contributed by atoms with Crippen LogP contribution in [0, 0.1) is 0 Å². The summed E-state index contributed by atoms with van der Waals surface area (Å²) in [5, 5.41) is 3.25. The third kappa shape index (κ3) is 3.33. The highest BCUT2D eigenvalue weighted by Crippen LogP contribution is 2.26. The summed E-state index contributed by atoms with van der Waals surface area (Å²) >= 11 is 0. The van der Waals surface area contributed by atoms with Gasteiger partial charge in [0.05, 0.1) is 4.90 Å². The van der Waals surface area contributed by atoms with E-state index in [2.05, 4.69) is 12.2 Å². The Morgan fingerprint density at radius 2 is 1.90 bits per heavy atom. The van der Waals surface area contributed by atoms with Gasteiger partial charge in [0.25, 0.3) is 0 Å². The fraction of sp³-hybridized carbons (Fsp3) is 0.533. The van der Waals surface area contributed by atoms with Gasteiger partial charge in [-0.05, 0) is 45.9 Å². The van der Waals surface area contributed by atoms with E-state index in [4.69, 9.17) is 0 Å². The van der Waals surface area contributed by atoms with Gasteiger partial charge in [0.1, 0.15) is 0 Å². The fourth-order valence-corrected chi connectivity index (χ4v) is 3.98. The van der Waals surface area contributed by atoms with Gasteiger partial charge >= 0.3 is 0 Å². The summed E-state index contributed by atoms with van der Waals surface area (Å²) in [5.41, 5.74) is 0.418. The molecular formula is C15H22N2O3S. The van der Waals surface area contributed by atoms with Gasteiger partial charge in [-0.3, -0.25) is 4.79 Å². The molecule has 1 heterocycles. The second kappa shape index (κ2) is 5.87. The zero-order valence-electron chi connectivity index (χ0n) is 12.7. The zero-order valence-corrected chi connectivity index (χ0v) is 13.5. The van der Waals surface area contributed by atoms with Crippen molar-refractivity contribution in [3.8, 4) is 0 Å². The van der Waals surface area contributed by atoms with Gasteiger partial charge < -0.3 is 5.32 Å². The van der Waals surface area contributed by atoms with Crippen LogP contribution in [0.25, 0.3) is 0 Å². The first-order valence-corrected chi connectivity index (χ1v) is 8.53. The summed E-state index contributed by atoms with van der Waals surface area (Å²) in [4.78, 5) is 11.6. The number of hydrogen-bond donors (Lipinski definition) is 1. The largest absolute Gasteiger partial charge is 0.314 e. The number of carbonyl (C=O) groups excluding carboxylic acids is 1. The molecule has 0 aromatic heterocycles. The summed E-state index contributed by atoms with van der Waals surface area (Å²) in [6, 6.07) is 6.26. The van der Waals surface area contributed by atoms with E-state index in [1.807, 2.05) is 7.05 Å². The molecule has 1 aromatic carbocycles. The predicted octanol–water partition coefficient (Wildman–Crippen LogP) is 1.65. The lowest BCUT2D eigenvalue weighted by Gasteiger charge is -2.38. The van der Waals surface area contributed by atoms with Gasteiger partial charge in [-0.15, -0.1) is 0 Å². The molecule has 0 aliphatic carbocycles. The van der Waals surface area contributed by atoms with Gasteiger partial charge in [0.15, 0.2) is 5.78 Å². The Kier molecular flexibility index (Phi) is 4.51. The summed E-state index contributed by atoms with van der Waals surface area (Å²) in [7, 11) is -1.62. The normalized spacial score (nSPS) is 19.4. The maximum absolute atomic E-state index is 12.7. The topological polar surface area (TPSA) is 66.5 Å². The quantitative estimate of drug-likeness (QED) is 0.859. The number of nitrogens with zero attached hydrogens (tertiary/aromatic N) is 1. The maximum atomic E-state index is 12.7. The third-order valence-corrected chi connectivity index (χ3v) is 6.20. The number of ketones is 1.